The number of hydrogen-bond donors (Lipinski definition) is 2. The van der Waals surface area contributed by atoms with E-state index in [2.05, 4.69) is 10.6 Å². The van der Waals surface area contributed by atoms with E-state index in [-0.39, 0.29) is 5.91 Å². The smallest absolute Gasteiger partial charge is 0.331 e. The van der Waals surface area contributed by atoms with Gasteiger partial charge in [-0.25, -0.2) is 4.79 Å². The average molecular weight is 406 g/mol. The van der Waals surface area contributed by atoms with E-state index in [1.165, 1.54) is 19.3 Å². The molecule has 158 valence electrons. The molecule has 0 spiro atoms. The number of hydrogen-bond acceptors (Lipinski definition) is 7. The van der Waals surface area contributed by atoms with Crippen LogP contribution in [-0.2, 0) is 19.1 Å². The fraction of sp³-hybridized carbons (Fsp3) is 0.450. The van der Waals surface area contributed by atoms with Crippen molar-refractivity contribution in [2.45, 2.75) is 26.3 Å². The molecular formula is C20H26N2O7. The van der Waals surface area contributed by atoms with E-state index in [0.717, 1.165) is 6.42 Å². The third-order valence-electron chi connectivity index (χ3n) is 3.93. The van der Waals surface area contributed by atoms with E-state index >= 15 is 0 Å². The van der Waals surface area contributed by atoms with E-state index in [9.17, 15) is 14.4 Å². The number of methoxy groups -OCH3 is 1. The van der Waals surface area contributed by atoms with E-state index in [1.807, 2.05) is 6.92 Å². The van der Waals surface area contributed by atoms with Gasteiger partial charge in [0.05, 0.1) is 7.11 Å². The number of rotatable bonds is 9. The predicted molar refractivity (Wildman–Crippen MR) is 105 cm³/mol. The van der Waals surface area contributed by atoms with Crippen LogP contribution in [0, 0.1) is 0 Å². The lowest BCUT2D eigenvalue weighted by Gasteiger charge is -2.20. The minimum atomic E-state index is -0.714. The van der Waals surface area contributed by atoms with Crippen molar-refractivity contribution < 1.29 is 33.3 Å². The lowest BCUT2D eigenvalue weighted by molar-refractivity contribution is -0.144. The van der Waals surface area contributed by atoms with Gasteiger partial charge in [-0.1, -0.05) is 6.92 Å². The third kappa shape index (κ3) is 6.70. The summed E-state index contributed by atoms with van der Waals surface area (Å²) in [6, 6.07) is 2.69. The quantitative estimate of drug-likeness (QED) is 0.466. The Morgan fingerprint density at radius 2 is 2.00 bits per heavy atom. The molecule has 1 aromatic carbocycles. The van der Waals surface area contributed by atoms with Gasteiger partial charge in [0.1, 0.15) is 19.3 Å². The molecule has 9 nitrogen and oxygen atoms in total. The molecule has 2 N–H and O–H groups in total. The molecule has 0 saturated heterocycles. The molecule has 29 heavy (non-hydrogen) atoms. The van der Waals surface area contributed by atoms with Gasteiger partial charge in [0.25, 0.3) is 5.91 Å². The maximum Gasteiger partial charge on any atom is 0.331 e. The molecule has 1 heterocycles. The Morgan fingerprint density at radius 1 is 1.24 bits per heavy atom. The molecule has 1 aliphatic rings. The predicted octanol–water partition coefficient (Wildman–Crippen LogP) is 1.05. The van der Waals surface area contributed by atoms with Gasteiger partial charge in [0.2, 0.25) is 11.7 Å². The molecule has 1 aromatic rings. The fourth-order valence-corrected chi connectivity index (χ4v) is 2.49. The summed E-state index contributed by atoms with van der Waals surface area (Å²) in [5.74, 6) is -0.0153. The summed E-state index contributed by atoms with van der Waals surface area (Å²) >= 11 is 0. The Kier molecular flexibility index (Phi) is 8.32. The lowest BCUT2D eigenvalue weighted by Crippen LogP contribution is -2.46. The zero-order valence-electron chi connectivity index (χ0n) is 16.8. The van der Waals surface area contributed by atoms with Crippen LogP contribution in [0.3, 0.4) is 0 Å². The van der Waals surface area contributed by atoms with E-state index in [0.29, 0.717) is 42.6 Å². The Bertz CT molecular complexity index is 759. The van der Waals surface area contributed by atoms with Crippen LogP contribution < -0.4 is 24.8 Å². The van der Waals surface area contributed by atoms with Crippen LogP contribution in [0.5, 0.6) is 17.2 Å². The number of carbonyl (C=O) groups is 3. The summed E-state index contributed by atoms with van der Waals surface area (Å²) in [7, 11) is 1.51. The highest BCUT2D eigenvalue weighted by Gasteiger charge is 2.18. The SMILES string of the molecule is CCCNC(=O)[C@H](C)NC(=O)COC(=O)/C=C/c1cc(OC)c2c(c1)OCCO2. The summed E-state index contributed by atoms with van der Waals surface area (Å²) in [6.45, 7) is 4.39. The second kappa shape index (κ2) is 10.9. The first-order valence-corrected chi connectivity index (χ1v) is 9.34. The summed E-state index contributed by atoms with van der Waals surface area (Å²) in [5.41, 5.74) is 0.647. The summed E-state index contributed by atoms with van der Waals surface area (Å²) in [6.07, 6.45) is 3.50. The maximum atomic E-state index is 11.9. The molecule has 0 saturated carbocycles. The van der Waals surface area contributed by atoms with Crippen molar-refractivity contribution in [3.8, 4) is 17.2 Å². The molecule has 2 rings (SSSR count). The zero-order valence-corrected chi connectivity index (χ0v) is 16.8. The highest BCUT2D eigenvalue weighted by molar-refractivity contribution is 5.91. The molecule has 0 unspecified atom stereocenters. The summed E-state index contributed by atoms with van der Waals surface area (Å²) in [4.78, 5) is 35.4. The third-order valence-corrected chi connectivity index (χ3v) is 3.93. The number of esters is 1. The molecule has 0 radical (unpaired) electrons. The van der Waals surface area contributed by atoms with Crippen LogP contribution in [0.2, 0.25) is 0 Å². The minimum absolute atomic E-state index is 0.293. The van der Waals surface area contributed by atoms with Gasteiger partial charge in [0.15, 0.2) is 18.1 Å². The van der Waals surface area contributed by atoms with Crippen molar-refractivity contribution in [1.82, 2.24) is 10.6 Å². The lowest BCUT2D eigenvalue weighted by atomic mass is 10.1. The number of ether oxygens (including phenoxy) is 4. The molecule has 1 atom stereocenters. The largest absolute Gasteiger partial charge is 0.493 e. The topological polar surface area (TPSA) is 112 Å². The first-order valence-electron chi connectivity index (χ1n) is 9.34. The Morgan fingerprint density at radius 3 is 2.72 bits per heavy atom. The number of fused-ring (bicyclic) bond motifs is 1. The molecule has 9 heteroatoms. The highest BCUT2D eigenvalue weighted by Crippen LogP contribution is 2.40. The molecule has 2 amide bonds. The summed E-state index contributed by atoms with van der Waals surface area (Å²) < 4.78 is 21.2. The van der Waals surface area contributed by atoms with E-state index < -0.39 is 24.5 Å². The second-order valence-electron chi connectivity index (χ2n) is 6.27. The molecular weight excluding hydrogens is 380 g/mol. The van der Waals surface area contributed by atoms with Gasteiger partial charge in [-0.15, -0.1) is 0 Å². The Balaban J connectivity index is 1.85. The van der Waals surface area contributed by atoms with Gasteiger partial charge in [-0.2, -0.15) is 0 Å². The molecule has 0 fully saturated rings. The van der Waals surface area contributed by atoms with Crippen molar-refractivity contribution in [3.05, 3.63) is 23.8 Å². The normalized spacial score (nSPS) is 13.5. The van der Waals surface area contributed by atoms with E-state index in [1.54, 1.807) is 19.1 Å². The van der Waals surface area contributed by atoms with Gasteiger partial charge in [0, 0.05) is 12.6 Å². The first-order chi connectivity index (χ1) is 13.9. The first kappa shape index (κ1) is 22.1. The number of carbonyl (C=O) groups excluding carboxylic acids is 3. The molecule has 1 aliphatic heterocycles. The summed E-state index contributed by atoms with van der Waals surface area (Å²) in [5, 5.41) is 5.14. The van der Waals surface area contributed by atoms with Crippen LogP contribution in [0.15, 0.2) is 18.2 Å². The average Bonchev–Trinajstić information content (AvgIpc) is 2.73. The number of benzene rings is 1. The van der Waals surface area contributed by atoms with Crippen LogP contribution in [0.4, 0.5) is 0 Å². The number of nitrogens with one attached hydrogen (secondary N) is 2. The number of amides is 2. The van der Waals surface area contributed by atoms with Crippen molar-refractivity contribution >= 4 is 23.9 Å². The minimum Gasteiger partial charge on any atom is -0.493 e. The highest BCUT2D eigenvalue weighted by atomic mass is 16.6. The maximum absolute atomic E-state index is 11.9. The van der Waals surface area contributed by atoms with Crippen LogP contribution in [0.1, 0.15) is 25.8 Å². The van der Waals surface area contributed by atoms with Crippen molar-refractivity contribution in [1.29, 1.82) is 0 Å². The second-order valence-corrected chi connectivity index (χ2v) is 6.27. The van der Waals surface area contributed by atoms with Crippen LogP contribution >= 0.6 is 0 Å². The van der Waals surface area contributed by atoms with Gasteiger partial charge >= 0.3 is 5.97 Å². The Labute approximate surface area is 169 Å². The van der Waals surface area contributed by atoms with Gasteiger partial charge in [-0.3, -0.25) is 9.59 Å². The van der Waals surface area contributed by atoms with Crippen molar-refractivity contribution in [2.24, 2.45) is 0 Å². The van der Waals surface area contributed by atoms with Crippen molar-refractivity contribution in [3.63, 3.8) is 0 Å². The molecule has 0 bridgehead atoms. The monoisotopic (exact) mass is 406 g/mol. The Hall–Kier alpha value is -3.23. The van der Waals surface area contributed by atoms with Crippen molar-refractivity contribution in [2.75, 3.05) is 33.5 Å². The van der Waals surface area contributed by atoms with Gasteiger partial charge in [-0.05, 0) is 37.1 Å². The zero-order chi connectivity index (χ0) is 21.2. The standard InChI is InChI=1S/C20H26N2O7/c1-4-7-21-20(25)13(2)22-17(23)12-29-18(24)6-5-14-10-15(26-3)19-16(11-14)27-8-9-28-19/h5-6,10-11,13H,4,7-9,12H2,1-3H3,(H,21,25)(H,22,23)/b6-5+/t13-/m0/s1. The fourth-order valence-electron chi connectivity index (χ4n) is 2.49. The van der Waals surface area contributed by atoms with E-state index in [4.69, 9.17) is 18.9 Å². The molecule has 0 aromatic heterocycles. The van der Waals surface area contributed by atoms with Crippen LogP contribution in [-0.4, -0.2) is 57.3 Å². The van der Waals surface area contributed by atoms with Crippen LogP contribution in [0.25, 0.3) is 6.08 Å². The molecule has 0 aliphatic carbocycles. The van der Waals surface area contributed by atoms with Gasteiger partial charge < -0.3 is 29.6 Å².